The molecule has 1 aromatic carbocycles. The molecule has 0 aliphatic carbocycles. The van der Waals surface area contributed by atoms with Crippen LogP contribution in [0.2, 0.25) is 4.34 Å². The molecule has 0 bridgehead atoms. The summed E-state index contributed by atoms with van der Waals surface area (Å²) in [5, 5.41) is 0. The van der Waals surface area contributed by atoms with E-state index in [-0.39, 0.29) is 0 Å². The fraction of sp³-hybridized carbons (Fsp3) is 0.0909. The molecule has 0 atom stereocenters. The zero-order chi connectivity index (χ0) is 9.97. The lowest BCUT2D eigenvalue weighted by atomic mass is 10.1. The highest BCUT2D eigenvalue weighted by Gasteiger charge is 2.05. The van der Waals surface area contributed by atoms with E-state index in [9.17, 15) is 0 Å². The third kappa shape index (κ3) is 1.82. The van der Waals surface area contributed by atoms with E-state index < -0.39 is 0 Å². The highest BCUT2D eigenvalue weighted by molar-refractivity contribution is 7.19. The fourth-order valence-electron chi connectivity index (χ4n) is 1.40. The molecule has 0 saturated carbocycles. The van der Waals surface area contributed by atoms with Crippen molar-refractivity contribution in [3.63, 3.8) is 0 Å². The maximum atomic E-state index is 5.89. The molecule has 3 heteroatoms. The molecule has 0 aliphatic rings. The van der Waals surface area contributed by atoms with Crippen LogP contribution in [0.1, 0.15) is 5.56 Å². The van der Waals surface area contributed by atoms with Gasteiger partial charge in [0.1, 0.15) is 0 Å². The van der Waals surface area contributed by atoms with Gasteiger partial charge in [0.05, 0.1) is 4.34 Å². The van der Waals surface area contributed by atoms with Crippen molar-refractivity contribution < 1.29 is 0 Å². The molecule has 2 rings (SSSR count). The van der Waals surface area contributed by atoms with Crippen LogP contribution in [0.25, 0.3) is 10.4 Å². The van der Waals surface area contributed by atoms with Crippen LogP contribution in [-0.2, 0) is 6.54 Å². The van der Waals surface area contributed by atoms with Crippen LogP contribution in [0.5, 0.6) is 0 Å². The monoisotopic (exact) mass is 223 g/mol. The number of halogens is 1. The van der Waals surface area contributed by atoms with Crippen LogP contribution in [0, 0.1) is 0 Å². The maximum Gasteiger partial charge on any atom is 0.0934 e. The second-order valence-corrected chi connectivity index (χ2v) is 4.68. The molecule has 72 valence electrons. The van der Waals surface area contributed by atoms with Gasteiger partial charge in [-0.25, -0.2) is 0 Å². The molecule has 0 saturated heterocycles. The molecule has 0 spiro atoms. The van der Waals surface area contributed by atoms with Gasteiger partial charge in [0.15, 0.2) is 0 Å². The molecule has 0 amide bonds. The molecule has 0 fully saturated rings. The average Bonchev–Trinajstić information content (AvgIpc) is 2.65. The first-order valence-corrected chi connectivity index (χ1v) is 5.54. The Labute approximate surface area is 92.1 Å². The first-order valence-electron chi connectivity index (χ1n) is 4.35. The Morgan fingerprint density at radius 3 is 2.57 bits per heavy atom. The third-order valence-electron chi connectivity index (χ3n) is 2.08. The van der Waals surface area contributed by atoms with Crippen LogP contribution < -0.4 is 5.73 Å². The molecule has 1 aromatic heterocycles. The fourth-order valence-corrected chi connectivity index (χ4v) is 2.50. The number of benzene rings is 1. The zero-order valence-electron chi connectivity index (χ0n) is 7.53. The molecule has 1 heterocycles. The van der Waals surface area contributed by atoms with E-state index in [0.29, 0.717) is 6.54 Å². The second kappa shape index (κ2) is 4.13. The Kier molecular flexibility index (Phi) is 2.87. The summed E-state index contributed by atoms with van der Waals surface area (Å²) in [5.74, 6) is 0. The number of rotatable bonds is 2. The molecular weight excluding hydrogens is 214 g/mol. The Morgan fingerprint density at radius 1 is 1.14 bits per heavy atom. The Bertz CT molecular complexity index is 436. The standard InChI is InChI=1S/C11H10ClNS/c12-11-6-5-10(14-11)9-4-2-1-3-8(9)7-13/h1-6H,7,13H2. The van der Waals surface area contributed by atoms with Crippen molar-refractivity contribution in [1.29, 1.82) is 0 Å². The van der Waals surface area contributed by atoms with E-state index in [2.05, 4.69) is 6.07 Å². The minimum Gasteiger partial charge on any atom is -0.326 e. The molecule has 0 radical (unpaired) electrons. The third-order valence-corrected chi connectivity index (χ3v) is 3.34. The normalized spacial score (nSPS) is 10.4. The van der Waals surface area contributed by atoms with E-state index in [4.69, 9.17) is 17.3 Å². The van der Waals surface area contributed by atoms with Gasteiger partial charge in [0.2, 0.25) is 0 Å². The van der Waals surface area contributed by atoms with E-state index in [1.165, 1.54) is 10.4 Å². The number of hydrogen-bond acceptors (Lipinski definition) is 2. The minimum atomic E-state index is 0.561. The van der Waals surface area contributed by atoms with E-state index in [1.54, 1.807) is 11.3 Å². The largest absolute Gasteiger partial charge is 0.326 e. The predicted octanol–water partition coefficient (Wildman–Crippen LogP) is 3.53. The van der Waals surface area contributed by atoms with E-state index >= 15 is 0 Å². The Balaban J connectivity index is 2.50. The smallest absolute Gasteiger partial charge is 0.0934 e. The van der Waals surface area contributed by atoms with Crippen LogP contribution >= 0.6 is 22.9 Å². The number of nitrogens with two attached hydrogens (primary N) is 1. The Morgan fingerprint density at radius 2 is 1.93 bits per heavy atom. The lowest BCUT2D eigenvalue weighted by Gasteiger charge is -2.03. The van der Waals surface area contributed by atoms with Crippen molar-refractivity contribution in [1.82, 2.24) is 0 Å². The molecule has 2 N–H and O–H groups in total. The summed E-state index contributed by atoms with van der Waals surface area (Å²) in [4.78, 5) is 1.18. The summed E-state index contributed by atoms with van der Waals surface area (Å²) in [7, 11) is 0. The van der Waals surface area contributed by atoms with Gasteiger partial charge >= 0.3 is 0 Å². The summed E-state index contributed by atoms with van der Waals surface area (Å²) < 4.78 is 0.812. The van der Waals surface area contributed by atoms with Crippen molar-refractivity contribution in [2.75, 3.05) is 0 Å². The maximum absolute atomic E-state index is 5.89. The van der Waals surface area contributed by atoms with Crippen LogP contribution in [0.4, 0.5) is 0 Å². The number of thiophene rings is 1. The van der Waals surface area contributed by atoms with Gasteiger partial charge in [0, 0.05) is 11.4 Å². The highest BCUT2D eigenvalue weighted by Crippen LogP contribution is 2.32. The van der Waals surface area contributed by atoms with Gasteiger partial charge in [-0.2, -0.15) is 0 Å². The molecule has 0 aliphatic heterocycles. The lowest BCUT2D eigenvalue weighted by molar-refractivity contribution is 1.07. The van der Waals surface area contributed by atoms with E-state index in [0.717, 1.165) is 9.90 Å². The summed E-state index contributed by atoms with van der Waals surface area (Å²) >= 11 is 7.47. The average molecular weight is 224 g/mol. The van der Waals surface area contributed by atoms with Gasteiger partial charge in [0.25, 0.3) is 0 Å². The van der Waals surface area contributed by atoms with Gasteiger partial charge < -0.3 is 5.73 Å². The SMILES string of the molecule is NCc1ccccc1-c1ccc(Cl)s1. The molecule has 1 nitrogen and oxygen atoms in total. The first-order chi connectivity index (χ1) is 6.81. The summed E-state index contributed by atoms with van der Waals surface area (Å²) in [6.07, 6.45) is 0. The van der Waals surface area contributed by atoms with Crippen LogP contribution in [0.3, 0.4) is 0 Å². The first kappa shape index (κ1) is 9.71. The molecular formula is C11H10ClNS. The lowest BCUT2D eigenvalue weighted by Crippen LogP contribution is -1.97. The predicted molar refractivity (Wildman–Crippen MR) is 62.7 cm³/mol. The van der Waals surface area contributed by atoms with Crippen molar-refractivity contribution >= 4 is 22.9 Å². The minimum absolute atomic E-state index is 0.561. The van der Waals surface area contributed by atoms with Crippen LogP contribution in [0.15, 0.2) is 36.4 Å². The van der Waals surface area contributed by atoms with Crippen molar-refractivity contribution in [3.05, 3.63) is 46.3 Å². The molecule has 14 heavy (non-hydrogen) atoms. The number of hydrogen-bond donors (Lipinski definition) is 1. The second-order valence-electron chi connectivity index (χ2n) is 2.97. The van der Waals surface area contributed by atoms with Gasteiger partial charge in [-0.15, -0.1) is 11.3 Å². The van der Waals surface area contributed by atoms with E-state index in [1.807, 2.05) is 30.3 Å². The van der Waals surface area contributed by atoms with Crippen molar-refractivity contribution in [2.24, 2.45) is 5.73 Å². The summed E-state index contributed by atoms with van der Waals surface area (Å²) in [5.41, 5.74) is 8.01. The van der Waals surface area contributed by atoms with Crippen LogP contribution in [-0.4, -0.2) is 0 Å². The zero-order valence-corrected chi connectivity index (χ0v) is 9.11. The van der Waals surface area contributed by atoms with Gasteiger partial charge in [-0.1, -0.05) is 35.9 Å². The summed E-state index contributed by atoms with van der Waals surface area (Å²) in [6.45, 7) is 0.561. The van der Waals surface area contributed by atoms with Crippen molar-refractivity contribution in [2.45, 2.75) is 6.54 Å². The summed E-state index contributed by atoms with van der Waals surface area (Å²) in [6, 6.07) is 12.1. The topological polar surface area (TPSA) is 26.0 Å². The Hall–Kier alpha value is -0.830. The molecule has 0 unspecified atom stereocenters. The van der Waals surface area contributed by atoms with Gasteiger partial charge in [-0.05, 0) is 23.3 Å². The van der Waals surface area contributed by atoms with Gasteiger partial charge in [-0.3, -0.25) is 0 Å². The van der Waals surface area contributed by atoms with Crippen molar-refractivity contribution in [3.8, 4) is 10.4 Å². The highest BCUT2D eigenvalue weighted by atomic mass is 35.5. The molecule has 2 aromatic rings. The quantitative estimate of drug-likeness (QED) is 0.828.